The standard InChI is InChI=1S/C11H10N4O/c12-9-4-6-10(7-5-9)13-14-11-3-1-2-8-15(11)16/h1-8,12,16H. The highest BCUT2D eigenvalue weighted by Crippen LogP contribution is 1.95. The number of hydrogen-bond acceptors (Lipinski definition) is 4. The largest absolute Gasteiger partial charge is 0.427 e. The normalized spacial score (nSPS) is 15.6. The second-order valence-corrected chi connectivity index (χ2v) is 3.15. The molecule has 80 valence electrons. The molecule has 0 radical (unpaired) electrons. The smallest absolute Gasteiger partial charge is 0.189 e. The number of nitrogens with zero attached hydrogens (tertiary/aromatic N) is 3. The Bertz CT molecular complexity index is 545. The first-order valence-corrected chi connectivity index (χ1v) is 4.69. The second kappa shape index (κ2) is 4.39. The van der Waals surface area contributed by atoms with Crippen LogP contribution in [0.15, 0.2) is 58.9 Å². The van der Waals surface area contributed by atoms with Crippen molar-refractivity contribution >= 4 is 11.4 Å². The van der Waals surface area contributed by atoms with Crippen molar-refractivity contribution < 1.29 is 5.21 Å². The lowest BCUT2D eigenvalue weighted by Gasteiger charge is -1.97. The summed E-state index contributed by atoms with van der Waals surface area (Å²) in [7, 11) is 0. The molecular weight excluding hydrogens is 204 g/mol. The fourth-order valence-electron chi connectivity index (χ4n) is 1.14. The van der Waals surface area contributed by atoms with Crippen LogP contribution >= 0.6 is 0 Å². The molecule has 1 heterocycles. The van der Waals surface area contributed by atoms with Gasteiger partial charge in [0.2, 0.25) is 0 Å². The third kappa shape index (κ3) is 2.33. The summed E-state index contributed by atoms with van der Waals surface area (Å²) in [5.41, 5.74) is 1.41. The summed E-state index contributed by atoms with van der Waals surface area (Å²) in [6.45, 7) is 0. The topological polar surface area (TPSA) is 73.7 Å². The molecule has 16 heavy (non-hydrogen) atoms. The van der Waals surface area contributed by atoms with E-state index in [1.165, 1.54) is 6.20 Å². The van der Waals surface area contributed by atoms with Gasteiger partial charge in [0.25, 0.3) is 0 Å². The van der Waals surface area contributed by atoms with Crippen LogP contribution in [-0.4, -0.2) is 21.4 Å². The fraction of sp³-hybridized carbons (Fsp3) is 0. The minimum Gasteiger partial charge on any atom is -0.427 e. The molecule has 0 saturated heterocycles. The summed E-state index contributed by atoms with van der Waals surface area (Å²) in [4.78, 5) is 0. The van der Waals surface area contributed by atoms with E-state index in [0.717, 1.165) is 4.73 Å². The molecule has 0 aromatic carbocycles. The van der Waals surface area contributed by atoms with Crippen LogP contribution < -0.4 is 5.49 Å². The van der Waals surface area contributed by atoms with Crippen LogP contribution in [0.5, 0.6) is 0 Å². The lowest BCUT2D eigenvalue weighted by atomic mass is 10.1. The monoisotopic (exact) mass is 214 g/mol. The van der Waals surface area contributed by atoms with Gasteiger partial charge in [0, 0.05) is 6.20 Å². The molecule has 0 saturated carbocycles. The van der Waals surface area contributed by atoms with Gasteiger partial charge in [0.15, 0.2) is 5.49 Å². The lowest BCUT2D eigenvalue weighted by molar-refractivity contribution is 0.171. The molecule has 1 aliphatic carbocycles. The minimum atomic E-state index is 0.345. The van der Waals surface area contributed by atoms with Gasteiger partial charge < -0.3 is 10.6 Å². The zero-order chi connectivity index (χ0) is 11.4. The van der Waals surface area contributed by atoms with Crippen molar-refractivity contribution in [2.75, 3.05) is 0 Å². The van der Waals surface area contributed by atoms with E-state index in [1.807, 2.05) is 0 Å². The predicted octanol–water partition coefficient (Wildman–Crippen LogP) is 1.13. The van der Waals surface area contributed by atoms with Crippen molar-refractivity contribution in [3.8, 4) is 0 Å². The number of pyridine rings is 1. The van der Waals surface area contributed by atoms with Gasteiger partial charge in [-0.15, -0.1) is 10.2 Å². The predicted molar refractivity (Wildman–Crippen MR) is 60.6 cm³/mol. The van der Waals surface area contributed by atoms with Gasteiger partial charge in [-0.25, -0.2) is 0 Å². The van der Waals surface area contributed by atoms with Crippen LogP contribution in [0.3, 0.4) is 0 Å². The van der Waals surface area contributed by atoms with Crippen molar-refractivity contribution in [1.29, 1.82) is 5.41 Å². The van der Waals surface area contributed by atoms with Crippen molar-refractivity contribution in [2.45, 2.75) is 0 Å². The highest BCUT2D eigenvalue weighted by atomic mass is 16.5. The van der Waals surface area contributed by atoms with Crippen molar-refractivity contribution in [3.05, 3.63) is 54.2 Å². The Labute approximate surface area is 91.9 Å². The van der Waals surface area contributed by atoms with Gasteiger partial charge in [-0.3, -0.25) is 0 Å². The minimum absolute atomic E-state index is 0.345. The Morgan fingerprint density at radius 2 is 1.81 bits per heavy atom. The molecule has 5 heteroatoms. The van der Waals surface area contributed by atoms with Gasteiger partial charge in [-0.05, 0) is 36.4 Å². The number of hydrogen-bond donors (Lipinski definition) is 2. The molecule has 0 amide bonds. The zero-order valence-corrected chi connectivity index (χ0v) is 8.41. The van der Waals surface area contributed by atoms with E-state index in [9.17, 15) is 5.21 Å². The first-order chi connectivity index (χ1) is 7.75. The quantitative estimate of drug-likeness (QED) is 0.410. The summed E-state index contributed by atoms with van der Waals surface area (Å²) in [6.07, 6.45) is 8.12. The van der Waals surface area contributed by atoms with Crippen LogP contribution in [0.2, 0.25) is 0 Å². The summed E-state index contributed by atoms with van der Waals surface area (Å²) >= 11 is 0. The average molecular weight is 214 g/mol. The molecule has 2 N–H and O–H groups in total. The summed E-state index contributed by atoms with van der Waals surface area (Å²) in [6, 6.07) is 5.09. The van der Waals surface area contributed by atoms with E-state index < -0.39 is 0 Å². The van der Waals surface area contributed by atoms with Crippen LogP contribution in [-0.2, 0) is 0 Å². The highest BCUT2D eigenvalue weighted by Gasteiger charge is 1.95. The summed E-state index contributed by atoms with van der Waals surface area (Å²) in [5.74, 6) is 0. The van der Waals surface area contributed by atoms with Crippen LogP contribution in [0.4, 0.5) is 0 Å². The van der Waals surface area contributed by atoms with E-state index >= 15 is 0 Å². The first kappa shape index (κ1) is 10.1. The van der Waals surface area contributed by atoms with Gasteiger partial charge in [0.1, 0.15) is 0 Å². The van der Waals surface area contributed by atoms with Crippen molar-refractivity contribution in [3.63, 3.8) is 0 Å². The highest BCUT2D eigenvalue weighted by molar-refractivity contribution is 6.17. The fourth-order valence-corrected chi connectivity index (χ4v) is 1.14. The number of allylic oxidation sites excluding steroid dienone is 4. The van der Waals surface area contributed by atoms with Crippen molar-refractivity contribution in [2.24, 2.45) is 10.2 Å². The number of rotatable bonds is 1. The third-order valence-electron chi connectivity index (χ3n) is 1.95. The maximum absolute atomic E-state index is 9.37. The third-order valence-corrected chi connectivity index (χ3v) is 1.95. The lowest BCUT2D eigenvalue weighted by Crippen LogP contribution is -2.16. The second-order valence-electron chi connectivity index (χ2n) is 3.15. The summed E-state index contributed by atoms with van der Waals surface area (Å²) < 4.78 is 0.891. The molecule has 1 aromatic heterocycles. The molecule has 0 spiro atoms. The molecule has 0 aliphatic heterocycles. The molecular formula is C11H10N4O. The summed E-state index contributed by atoms with van der Waals surface area (Å²) in [5, 5.41) is 24.5. The van der Waals surface area contributed by atoms with Gasteiger partial charge in [0.05, 0.1) is 11.4 Å². The molecule has 0 bridgehead atoms. The average Bonchev–Trinajstić information content (AvgIpc) is 2.30. The van der Waals surface area contributed by atoms with Crippen LogP contribution in [0.1, 0.15) is 0 Å². The molecule has 5 nitrogen and oxygen atoms in total. The Balaban J connectivity index is 2.31. The molecule has 2 rings (SSSR count). The molecule has 0 atom stereocenters. The van der Waals surface area contributed by atoms with E-state index in [2.05, 4.69) is 10.2 Å². The van der Waals surface area contributed by atoms with E-state index in [4.69, 9.17) is 5.41 Å². The van der Waals surface area contributed by atoms with E-state index in [-0.39, 0.29) is 0 Å². The Kier molecular flexibility index (Phi) is 2.77. The first-order valence-electron chi connectivity index (χ1n) is 4.69. The van der Waals surface area contributed by atoms with E-state index in [0.29, 0.717) is 16.9 Å². The van der Waals surface area contributed by atoms with Crippen molar-refractivity contribution in [1.82, 2.24) is 4.73 Å². The maximum atomic E-state index is 9.37. The van der Waals surface area contributed by atoms with E-state index in [1.54, 1.807) is 42.5 Å². The Hall–Kier alpha value is -2.43. The SMILES string of the molecule is N=C1C=CC(=NN=c2ccccn2O)C=C1. The van der Waals surface area contributed by atoms with Gasteiger partial charge in [-0.2, -0.15) is 4.73 Å². The molecule has 1 aromatic rings. The molecule has 0 fully saturated rings. The van der Waals surface area contributed by atoms with Gasteiger partial charge in [-0.1, -0.05) is 6.07 Å². The zero-order valence-electron chi connectivity index (χ0n) is 8.41. The maximum Gasteiger partial charge on any atom is 0.189 e. The molecule has 1 aliphatic rings. The number of nitrogens with one attached hydrogen (secondary N) is 1. The molecule has 0 unspecified atom stereocenters. The number of aromatic nitrogens is 1. The van der Waals surface area contributed by atoms with Crippen LogP contribution in [0, 0.1) is 5.41 Å². The Morgan fingerprint density at radius 3 is 2.50 bits per heavy atom. The Morgan fingerprint density at radius 1 is 1.06 bits per heavy atom. The van der Waals surface area contributed by atoms with Gasteiger partial charge >= 0.3 is 0 Å². The van der Waals surface area contributed by atoms with Crippen LogP contribution in [0.25, 0.3) is 0 Å².